The number of rotatable bonds is 6. The van der Waals surface area contributed by atoms with Crippen molar-refractivity contribution in [2.75, 3.05) is 7.11 Å². The lowest BCUT2D eigenvalue weighted by molar-refractivity contribution is 0.105. The van der Waals surface area contributed by atoms with Gasteiger partial charge in [0.1, 0.15) is 18.2 Å². The number of benzene rings is 2. The van der Waals surface area contributed by atoms with Crippen LogP contribution in [0.4, 0.5) is 0 Å². The SMILES string of the molecule is C#CC(=O)c1ccc(C)c(-n2c(C)nc(OCc3cccc(OC)c3)c(Cl)c2=O)c1. The number of carbonyl (C=O) groups excluding carboxylic acids is 1. The van der Waals surface area contributed by atoms with Crippen molar-refractivity contribution in [3.05, 3.63) is 80.4 Å². The van der Waals surface area contributed by atoms with Crippen molar-refractivity contribution in [3.8, 4) is 29.7 Å². The summed E-state index contributed by atoms with van der Waals surface area (Å²) in [5.74, 6) is 2.69. The van der Waals surface area contributed by atoms with Crippen LogP contribution in [-0.4, -0.2) is 22.4 Å². The highest BCUT2D eigenvalue weighted by molar-refractivity contribution is 6.31. The van der Waals surface area contributed by atoms with Gasteiger partial charge in [-0.25, -0.2) is 0 Å². The summed E-state index contributed by atoms with van der Waals surface area (Å²) in [5.41, 5.74) is 1.88. The van der Waals surface area contributed by atoms with Crippen LogP contribution < -0.4 is 15.0 Å². The fourth-order valence-corrected chi connectivity index (χ4v) is 3.13. The summed E-state index contributed by atoms with van der Waals surface area (Å²) in [6.07, 6.45) is 5.21. The van der Waals surface area contributed by atoms with Crippen LogP contribution in [0.25, 0.3) is 5.69 Å². The molecule has 0 aliphatic heterocycles. The second-order valence-electron chi connectivity index (χ2n) is 6.53. The van der Waals surface area contributed by atoms with E-state index in [1.807, 2.05) is 31.2 Å². The Morgan fingerprint density at radius 3 is 2.70 bits per heavy atom. The molecule has 0 spiro atoms. The Kier molecular flexibility index (Phi) is 6.24. The molecular formula is C23H19ClN2O4. The zero-order chi connectivity index (χ0) is 21.8. The van der Waals surface area contributed by atoms with Crippen LogP contribution in [0.5, 0.6) is 11.6 Å². The van der Waals surface area contributed by atoms with Crippen molar-refractivity contribution in [2.45, 2.75) is 20.5 Å². The number of hydrogen-bond donors (Lipinski definition) is 0. The van der Waals surface area contributed by atoms with Gasteiger partial charge in [0, 0.05) is 5.56 Å². The van der Waals surface area contributed by atoms with E-state index in [0.717, 1.165) is 11.1 Å². The molecule has 0 aliphatic rings. The molecule has 3 aromatic rings. The van der Waals surface area contributed by atoms with Crippen LogP contribution in [0.15, 0.2) is 47.3 Å². The van der Waals surface area contributed by atoms with Crippen molar-refractivity contribution >= 4 is 17.4 Å². The summed E-state index contributed by atoms with van der Waals surface area (Å²) >= 11 is 6.28. The van der Waals surface area contributed by atoms with Crippen LogP contribution in [0, 0.1) is 26.2 Å². The molecule has 0 saturated heterocycles. The van der Waals surface area contributed by atoms with Gasteiger partial charge in [-0.05, 0) is 55.2 Å². The van der Waals surface area contributed by atoms with E-state index in [0.29, 0.717) is 22.8 Å². The number of aromatic nitrogens is 2. The first-order chi connectivity index (χ1) is 14.3. The molecule has 0 unspecified atom stereocenters. The van der Waals surface area contributed by atoms with Gasteiger partial charge in [-0.2, -0.15) is 4.98 Å². The van der Waals surface area contributed by atoms with E-state index >= 15 is 0 Å². The number of aryl methyl sites for hydroxylation is 2. The summed E-state index contributed by atoms with van der Waals surface area (Å²) in [7, 11) is 1.58. The minimum absolute atomic E-state index is 0.0340. The number of Topliss-reactive ketones (excluding diaryl/α,β-unsaturated/α-hetero) is 1. The van der Waals surface area contributed by atoms with Crippen molar-refractivity contribution in [3.63, 3.8) is 0 Å². The van der Waals surface area contributed by atoms with E-state index < -0.39 is 11.3 Å². The highest BCUT2D eigenvalue weighted by Crippen LogP contribution is 2.23. The maximum absolute atomic E-state index is 13.0. The molecule has 1 heterocycles. The van der Waals surface area contributed by atoms with Gasteiger partial charge in [0.15, 0.2) is 5.02 Å². The summed E-state index contributed by atoms with van der Waals surface area (Å²) in [4.78, 5) is 29.2. The third-order valence-electron chi connectivity index (χ3n) is 4.52. The molecule has 0 saturated carbocycles. The zero-order valence-electron chi connectivity index (χ0n) is 16.7. The molecule has 0 amide bonds. The monoisotopic (exact) mass is 422 g/mol. The number of nitrogens with zero attached hydrogens (tertiary/aromatic N) is 2. The molecule has 0 fully saturated rings. The lowest BCUT2D eigenvalue weighted by Gasteiger charge is -2.15. The molecule has 30 heavy (non-hydrogen) atoms. The number of ether oxygens (including phenoxy) is 2. The Bertz CT molecular complexity index is 1220. The first-order valence-corrected chi connectivity index (χ1v) is 9.40. The Hall–Kier alpha value is -3.56. The maximum Gasteiger partial charge on any atom is 0.280 e. The van der Waals surface area contributed by atoms with E-state index in [9.17, 15) is 9.59 Å². The van der Waals surface area contributed by atoms with Crippen molar-refractivity contribution in [1.82, 2.24) is 9.55 Å². The first kappa shape index (κ1) is 21.2. The van der Waals surface area contributed by atoms with Gasteiger partial charge < -0.3 is 9.47 Å². The quantitative estimate of drug-likeness (QED) is 0.342. The van der Waals surface area contributed by atoms with Crippen LogP contribution in [0.1, 0.15) is 27.3 Å². The average molecular weight is 423 g/mol. The van der Waals surface area contributed by atoms with Gasteiger partial charge in [0.25, 0.3) is 5.56 Å². The van der Waals surface area contributed by atoms with Gasteiger partial charge >= 0.3 is 0 Å². The highest BCUT2D eigenvalue weighted by atomic mass is 35.5. The number of hydrogen-bond acceptors (Lipinski definition) is 5. The molecule has 6 nitrogen and oxygen atoms in total. The molecule has 0 bridgehead atoms. The fourth-order valence-electron chi connectivity index (χ4n) is 2.95. The van der Waals surface area contributed by atoms with E-state index in [-0.39, 0.29) is 17.5 Å². The van der Waals surface area contributed by atoms with E-state index in [4.69, 9.17) is 27.5 Å². The number of halogens is 1. The van der Waals surface area contributed by atoms with Crippen LogP contribution in [0.2, 0.25) is 5.02 Å². The standard InChI is InChI=1S/C23H19ClN2O4/c1-5-20(27)17-10-9-14(2)19(12-17)26-15(3)25-22(21(24)23(26)28)30-13-16-7-6-8-18(11-16)29-4/h1,6-12H,13H2,2-4H3. The second kappa shape index (κ2) is 8.85. The van der Waals surface area contributed by atoms with E-state index in [1.165, 1.54) is 4.57 Å². The largest absolute Gasteiger partial charge is 0.497 e. The molecule has 7 heteroatoms. The van der Waals surface area contributed by atoms with Crippen LogP contribution in [-0.2, 0) is 6.61 Å². The lowest BCUT2D eigenvalue weighted by atomic mass is 10.1. The second-order valence-corrected chi connectivity index (χ2v) is 6.91. The Morgan fingerprint density at radius 2 is 2.00 bits per heavy atom. The molecule has 0 atom stereocenters. The normalized spacial score (nSPS) is 10.4. The van der Waals surface area contributed by atoms with E-state index in [2.05, 4.69) is 10.9 Å². The predicted molar refractivity (Wildman–Crippen MR) is 115 cm³/mol. The maximum atomic E-state index is 13.0. The minimum Gasteiger partial charge on any atom is -0.497 e. The van der Waals surface area contributed by atoms with Gasteiger partial charge in [-0.3, -0.25) is 14.2 Å². The van der Waals surface area contributed by atoms with Crippen LogP contribution in [0.3, 0.4) is 0 Å². The molecule has 0 aliphatic carbocycles. The molecule has 2 aromatic carbocycles. The average Bonchev–Trinajstić information content (AvgIpc) is 2.76. The molecule has 3 rings (SSSR count). The van der Waals surface area contributed by atoms with Gasteiger partial charge in [-0.1, -0.05) is 29.8 Å². The third-order valence-corrected chi connectivity index (χ3v) is 4.84. The summed E-state index contributed by atoms with van der Waals surface area (Å²) in [6.45, 7) is 3.63. The fraction of sp³-hybridized carbons (Fsp3) is 0.174. The Labute approximate surface area is 179 Å². The summed E-state index contributed by atoms with van der Waals surface area (Å²) < 4.78 is 12.2. The Morgan fingerprint density at radius 1 is 1.23 bits per heavy atom. The first-order valence-electron chi connectivity index (χ1n) is 9.02. The molecule has 0 radical (unpaired) electrons. The number of methoxy groups -OCH3 is 1. The van der Waals surface area contributed by atoms with Gasteiger partial charge in [0.2, 0.25) is 11.7 Å². The minimum atomic E-state index is -0.502. The van der Waals surface area contributed by atoms with E-state index in [1.54, 1.807) is 32.2 Å². The number of ketones is 1. The number of terminal acetylenes is 1. The van der Waals surface area contributed by atoms with Crippen molar-refractivity contribution in [2.24, 2.45) is 0 Å². The Balaban J connectivity index is 1.99. The molecular weight excluding hydrogens is 404 g/mol. The lowest BCUT2D eigenvalue weighted by Crippen LogP contribution is -2.24. The van der Waals surface area contributed by atoms with Crippen LogP contribution >= 0.6 is 11.6 Å². The number of carbonyl (C=O) groups is 1. The molecule has 152 valence electrons. The molecule has 1 aromatic heterocycles. The third kappa shape index (κ3) is 4.22. The van der Waals surface area contributed by atoms with Gasteiger partial charge in [-0.15, -0.1) is 6.42 Å². The van der Waals surface area contributed by atoms with Gasteiger partial charge in [0.05, 0.1) is 12.8 Å². The molecule has 0 N–H and O–H groups in total. The van der Waals surface area contributed by atoms with Crippen molar-refractivity contribution < 1.29 is 14.3 Å². The van der Waals surface area contributed by atoms with Crippen molar-refractivity contribution in [1.29, 1.82) is 0 Å². The summed E-state index contributed by atoms with van der Waals surface area (Å²) in [6, 6.07) is 12.2. The topological polar surface area (TPSA) is 70.4 Å². The smallest absolute Gasteiger partial charge is 0.280 e. The summed E-state index contributed by atoms with van der Waals surface area (Å²) in [5, 5.41) is -0.156. The highest BCUT2D eigenvalue weighted by Gasteiger charge is 2.18. The predicted octanol–water partition coefficient (Wildman–Crippen LogP) is 3.91. The zero-order valence-corrected chi connectivity index (χ0v) is 17.5.